The van der Waals surface area contributed by atoms with Crippen molar-refractivity contribution < 1.29 is 9.21 Å². The molecular formula is C17H16N4O2S. The van der Waals surface area contributed by atoms with Gasteiger partial charge in [0.25, 0.3) is 5.22 Å². The van der Waals surface area contributed by atoms with Gasteiger partial charge in [-0.25, -0.2) is 0 Å². The molecule has 3 aromatic rings. The van der Waals surface area contributed by atoms with Gasteiger partial charge in [0.05, 0.1) is 5.25 Å². The van der Waals surface area contributed by atoms with Gasteiger partial charge >= 0.3 is 0 Å². The minimum Gasteiger partial charge on any atom is -0.411 e. The van der Waals surface area contributed by atoms with Gasteiger partial charge in [0.2, 0.25) is 11.8 Å². The minimum atomic E-state index is -0.365. The molecule has 0 saturated heterocycles. The van der Waals surface area contributed by atoms with Gasteiger partial charge in [0.15, 0.2) is 0 Å². The Balaban J connectivity index is 1.65. The number of para-hydroxylation sites is 1. The highest BCUT2D eigenvalue weighted by Crippen LogP contribution is 2.26. The highest BCUT2D eigenvalue weighted by Gasteiger charge is 2.19. The fourth-order valence-electron chi connectivity index (χ4n) is 2.02. The Bertz CT molecular complexity index is 835. The lowest BCUT2D eigenvalue weighted by molar-refractivity contribution is -0.115. The summed E-state index contributed by atoms with van der Waals surface area (Å²) >= 11 is 1.22. The minimum absolute atomic E-state index is 0.113. The second-order valence-corrected chi connectivity index (χ2v) is 6.47. The van der Waals surface area contributed by atoms with Crippen LogP contribution in [0, 0.1) is 6.92 Å². The SMILES string of the molecule is Cc1ccccc1NC(=O)C(C)Sc1nnc(-c2ccncc2)o1. The van der Waals surface area contributed by atoms with E-state index in [0.717, 1.165) is 16.8 Å². The first kappa shape index (κ1) is 16.2. The number of rotatable bonds is 5. The number of thioether (sulfide) groups is 1. The molecule has 7 heteroatoms. The van der Waals surface area contributed by atoms with Crippen LogP contribution in [0.4, 0.5) is 5.69 Å². The lowest BCUT2D eigenvalue weighted by atomic mass is 10.2. The molecule has 1 amide bonds. The van der Waals surface area contributed by atoms with Crippen molar-refractivity contribution in [2.24, 2.45) is 0 Å². The molecule has 0 aliphatic rings. The fraction of sp³-hybridized carbons (Fsp3) is 0.176. The van der Waals surface area contributed by atoms with E-state index in [1.54, 1.807) is 31.5 Å². The predicted octanol–water partition coefficient (Wildman–Crippen LogP) is 3.56. The maximum absolute atomic E-state index is 12.3. The van der Waals surface area contributed by atoms with Crippen LogP contribution in [0.3, 0.4) is 0 Å². The Morgan fingerprint density at radius 1 is 1.17 bits per heavy atom. The molecule has 0 aliphatic carbocycles. The molecule has 0 saturated carbocycles. The summed E-state index contributed by atoms with van der Waals surface area (Å²) in [5, 5.41) is 10.9. The van der Waals surface area contributed by atoms with E-state index in [9.17, 15) is 4.79 Å². The van der Waals surface area contributed by atoms with E-state index in [2.05, 4.69) is 20.5 Å². The van der Waals surface area contributed by atoms with Crippen molar-refractivity contribution in [2.75, 3.05) is 5.32 Å². The van der Waals surface area contributed by atoms with Crippen molar-refractivity contribution in [1.82, 2.24) is 15.2 Å². The Labute approximate surface area is 143 Å². The normalized spacial score (nSPS) is 11.9. The number of nitrogens with zero attached hydrogens (tertiary/aromatic N) is 3. The third kappa shape index (κ3) is 3.80. The summed E-state index contributed by atoms with van der Waals surface area (Å²) in [6.45, 7) is 3.75. The topological polar surface area (TPSA) is 80.9 Å². The van der Waals surface area contributed by atoms with Crippen LogP contribution in [-0.2, 0) is 4.79 Å². The molecule has 0 radical (unpaired) electrons. The van der Waals surface area contributed by atoms with Gasteiger partial charge < -0.3 is 9.73 Å². The monoisotopic (exact) mass is 340 g/mol. The van der Waals surface area contributed by atoms with E-state index in [1.165, 1.54) is 11.8 Å². The maximum Gasteiger partial charge on any atom is 0.277 e. The van der Waals surface area contributed by atoms with Crippen LogP contribution in [-0.4, -0.2) is 26.3 Å². The van der Waals surface area contributed by atoms with E-state index in [4.69, 9.17) is 4.42 Å². The molecule has 0 aliphatic heterocycles. The first-order chi connectivity index (χ1) is 11.6. The summed E-state index contributed by atoms with van der Waals surface area (Å²) < 4.78 is 5.60. The third-order valence-electron chi connectivity index (χ3n) is 3.38. The number of hydrogen-bond acceptors (Lipinski definition) is 6. The van der Waals surface area contributed by atoms with E-state index >= 15 is 0 Å². The third-order valence-corrected chi connectivity index (χ3v) is 4.32. The van der Waals surface area contributed by atoms with E-state index < -0.39 is 0 Å². The highest BCUT2D eigenvalue weighted by molar-refractivity contribution is 8.00. The number of benzene rings is 1. The highest BCUT2D eigenvalue weighted by atomic mass is 32.2. The molecule has 3 rings (SSSR count). The smallest absolute Gasteiger partial charge is 0.277 e. The molecule has 2 aromatic heterocycles. The number of aromatic nitrogens is 3. The number of amides is 1. The number of hydrogen-bond donors (Lipinski definition) is 1. The summed E-state index contributed by atoms with van der Waals surface area (Å²) in [6, 6.07) is 11.2. The second-order valence-electron chi connectivity index (χ2n) is 5.17. The standard InChI is InChI=1S/C17H16N4O2S/c1-11-5-3-4-6-14(11)19-15(22)12(2)24-17-21-20-16(23-17)13-7-9-18-10-8-13/h3-10,12H,1-2H3,(H,19,22). The van der Waals surface area contributed by atoms with Crippen molar-refractivity contribution in [2.45, 2.75) is 24.3 Å². The molecule has 6 nitrogen and oxygen atoms in total. The van der Waals surface area contributed by atoms with Crippen molar-refractivity contribution in [3.8, 4) is 11.5 Å². The molecule has 0 bridgehead atoms. The molecule has 24 heavy (non-hydrogen) atoms. The average molecular weight is 340 g/mol. The van der Waals surface area contributed by atoms with Crippen LogP contribution in [0.2, 0.25) is 0 Å². The Morgan fingerprint density at radius 2 is 1.92 bits per heavy atom. The molecule has 1 atom stereocenters. The van der Waals surface area contributed by atoms with Gasteiger partial charge in [-0.3, -0.25) is 9.78 Å². The zero-order valence-electron chi connectivity index (χ0n) is 13.3. The van der Waals surface area contributed by atoms with Gasteiger partial charge in [-0.1, -0.05) is 30.0 Å². The zero-order chi connectivity index (χ0) is 16.9. The van der Waals surface area contributed by atoms with Crippen LogP contribution in [0.25, 0.3) is 11.5 Å². The molecule has 1 unspecified atom stereocenters. The van der Waals surface area contributed by atoms with Crippen LogP contribution < -0.4 is 5.32 Å². The number of anilines is 1. The average Bonchev–Trinajstić information content (AvgIpc) is 3.06. The van der Waals surface area contributed by atoms with Gasteiger partial charge in [0, 0.05) is 23.6 Å². The van der Waals surface area contributed by atoms with Crippen molar-refractivity contribution in [3.63, 3.8) is 0 Å². The van der Waals surface area contributed by atoms with E-state index in [0.29, 0.717) is 11.1 Å². The largest absolute Gasteiger partial charge is 0.411 e. The van der Waals surface area contributed by atoms with E-state index in [1.807, 2.05) is 31.2 Å². The lowest BCUT2D eigenvalue weighted by Gasteiger charge is -2.11. The maximum atomic E-state index is 12.3. The summed E-state index contributed by atoms with van der Waals surface area (Å²) in [7, 11) is 0. The van der Waals surface area contributed by atoms with Crippen LogP contribution in [0.1, 0.15) is 12.5 Å². The quantitative estimate of drug-likeness (QED) is 0.715. The van der Waals surface area contributed by atoms with Gasteiger partial charge in [-0.05, 0) is 37.6 Å². The number of nitrogens with one attached hydrogen (secondary N) is 1. The van der Waals surface area contributed by atoms with E-state index in [-0.39, 0.29) is 11.2 Å². The Morgan fingerprint density at radius 3 is 2.67 bits per heavy atom. The summed E-state index contributed by atoms with van der Waals surface area (Å²) in [4.78, 5) is 16.3. The molecule has 1 aromatic carbocycles. The van der Waals surface area contributed by atoms with Crippen LogP contribution >= 0.6 is 11.8 Å². The molecule has 1 N–H and O–H groups in total. The Hall–Kier alpha value is -2.67. The molecule has 0 spiro atoms. The second kappa shape index (κ2) is 7.27. The zero-order valence-corrected chi connectivity index (χ0v) is 14.1. The van der Waals surface area contributed by atoms with Crippen LogP contribution in [0.15, 0.2) is 58.4 Å². The number of pyridine rings is 1. The lowest BCUT2D eigenvalue weighted by Crippen LogP contribution is -2.22. The molecular weight excluding hydrogens is 324 g/mol. The molecule has 2 heterocycles. The first-order valence-corrected chi connectivity index (χ1v) is 8.28. The first-order valence-electron chi connectivity index (χ1n) is 7.40. The Kier molecular flexibility index (Phi) is 4.90. The number of carbonyl (C=O) groups is 1. The van der Waals surface area contributed by atoms with Gasteiger partial charge in [0.1, 0.15) is 0 Å². The number of carbonyl (C=O) groups excluding carboxylic acids is 1. The van der Waals surface area contributed by atoms with Crippen LogP contribution in [0.5, 0.6) is 0 Å². The van der Waals surface area contributed by atoms with Crippen molar-refractivity contribution in [1.29, 1.82) is 0 Å². The van der Waals surface area contributed by atoms with Crippen molar-refractivity contribution in [3.05, 3.63) is 54.4 Å². The molecule has 122 valence electrons. The van der Waals surface area contributed by atoms with Gasteiger partial charge in [-0.15, -0.1) is 10.2 Å². The fourth-order valence-corrected chi connectivity index (χ4v) is 2.70. The summed E-state index contributed by atoms with van der Waals surface area (Å²) in [6.07, 6.45) is 3.31. The summed E-state index contributed by atoms with van der Waals surface area (Å²) in [5.74, 6) is 0.296. The predicted molar refractivity (Wildman–Crippen MR) is 92.7 cm³/mol. The molecule has 0 fully saturated rings. The number of aryl methyl sites for hydroxylation is 1. The summed E-state index contributed by atoms with van der Waals surface area (Å²) in [5.41, 5.74) is 2.61. The van der Waals surface area contributed by atoms with Gasteiger partial charge in [-0.2, -0.15) is 0 Å². The van der Waals surface area contributed by atoms with Crippen molar-refractivity contribution >= 4 is 23.4 Å².